The van der Waals surface area contributed by atoms with Crippen LogP contribution in [0.3, 0.4) is 0 Å². The molecule has 0 saturated carbocycles. The molecule has 1 aromatic carbocycles. The number of rotatable bonds is 2. The number of nitrogens with zero attached hydrogens (tertiary/aromatic N) is 1. The average molecular weight is 268 g/mol. The third-order valence-electron chi connectivity index (χ3n) is 3.72. The molecule has 2 atom stereocenters. The van der Waals surface area contributed by atoms with E-state index in [1.54, 1.807) is 6.07 Å². The SMILES string of the molecule is CC1CCN(Cc2ccc(F)c(F)c2)CCC(C)N1. The molecule has 0 amide bonds. The summed E-state index contributed by atoms with van der Waals surface area (Å²) in [5, 5.41) is 3.55. The van der Waals surface area contributed by atoms with Crippen LogP contribution in [0.15, 0.2) is 18.2 Å². The van der Waals surface area contributed by atoms with Crippen LogP contribution in [0.25, 0.3) is 0 Å². The summed E-state index contributed by atoms with van der Waals surface area (Å²) < 4.78 is 26.1. The van der Waals surface area contributed by atoms with Gasteiger partial charge in [-0.2, -0.15) is 0 Å². The first-order chi connectivity index (χ1) is 9.04. The molecule has 1 aliphatic rings. The van der Waals surface area contributed by atoms with Crippen LogP contribution in [0.1, 0.15) is 32.3 Å². The van der Waals surface area contributed by atoms with Crippen molar-refractivity contribution >= 4 is 0 Å². The molecule has 2 unspecified atom stereocenters. The maximum absolute atomic E-state index is 13.2. The maximum atomic E-state index is 13.2. The summed E-state index contributed by atoms with van der Waals surface area (Å²) in [6.45, 7) is 7.05. The summed E-state index contributed by atoms with van der Waals surface area (Å²) in [6, 6.07) is 5.19. The molecular weight excluding hydrogens is 246 g/mol. The molecule has 0 radical (unpaired) electrons. The van der Waals surface area contributed by atoms with Crippen molar-refractivity contribution < 1.29 is 8.78 Å². The Morgan fingerprint density at radius 1 is 1.11 bits per heavy atom. The molecule has 106 valence electrons. The number of hydrogen-bond acceptors (Lipinski definition) is 2. The monoisotopic (exact) mass is 268 g/mol. The van der Waals surface area contributed by atoms with Crippen molar-refractivity contribution in [3.05, 3.63) is 35.4 Å². The van der Waals surface area contributed by atoms with Crippen molar-refractivity contribution in [2.45, 2.75) is 45.3 Å². The Labute approximate surface area is 113 Å². The summed E-state index contributed by atoms with van der Waals surface area (Å²) >= 11 is 0. The van der Waals surface area contributed by atoms with Crippen LogP contribution in [-0.2, 0) is 6.54 Å². The van der Waals surface area contributed by atoms with Crippen molar-refractivity contribution in [3.8, 4) is 0 Å². The van der Waals surface area contributed by atoms with Gasteiger partial charge in [0, 0.05) is 18.6 Å². The van der Waals surface area contributed by atoms with Crippen LogP contribution in [0.5, 0.6) is 0 Å². The van der Waals surface area contributed by atoms with E-state index in [0.29, 0.717) is 18.6 Å². The minimum Gasteiger partial charge on any atom is -0.312 e. The smallest absolute Gasteiger partial charge is 0.159 e. The lowest BCUT2D eigenvalue weighted by molar-refractivity contribution is 0.211. The molecule has 0 aromatic heterocycles. The van der Waals surface area contributed by atoms with Crippen LogP contribution in [0, 0.1) is 11.6 Å². The first kappa shape index (κ1) is 14.4. The first-order valence-electron chi connectivity index (χ1n) is 6.97. The van der Waals surface area contributed by atoms with Gasteiger partial charge in [0.1, 0.15) is 0 Å². The number of nitrogens with one attached hydrogen (secondary N) is 1. The van der Waals surface area contributed by atoms with Crippen LogP contribution in [-0.4, -0.2) is 30.1 Å². The van der Waals surface area contributed by atoms with E-state index in [9.17, 15) is 8.78 Å². The molecule has 1 saturated heterocycles. The molecule has 0 spiro atoms. The summed E-state index contributed by atoms with van der Waals surface area (Å²) in [5.41, 5.74) is 0.840. The van der Waals surface area contributed by atoms with Crippen molar-refractivity contribution in [2.24, 2.45) is 0 Å². The molecule has 1 N–H and O–H groups in total. The average Bonchev–Trinajstić information content (AvgIpc) is 2.35. The second-order valence-corrected chi connectivity index (χ2v) is 5.57. The zero-order chi connectivity index (χ0) is 13.8. The van der Waals surface area contributed by atoms with Gasteiger partial charge in [-0.25, -0.2) is 8.78 Å². The Bertz CT molecular complexity index is 411. The van der Waals surface area contributed by atoms with Gasteiger partial charge < -0.3 is 5.32 Å². The fourth-order valence-electron chi connectivity index (χ4n) is 2.57. The van der Waals surface area contributed by atoms with Crippen molar-refractivity contribution in [3.63, 3.8) is 0 Å². The van der Waals surface area contributed by atoms with Gasteiger partial charge in [0.2, 0.25) is 0 Å². The van der Waals surface area contributed by atoms with E-state index < -0.39 is 11.6 Å². The molecule has 2 rings (SSSR count). The largest absolute Gasteiger partial charge is 0.312 e. The first-order valence-corrected chi connectivity index (χ1v) is 6.97. The highest BCUT2D eigenvalue weighted by Gasteiger charge is 2.16. The van der Waals surface area contributed by atoms with Gasteiger partial charge >= 0.3 is 0 Å². The molecule has 1 aliphatic heterocycles. The highest BCUT2D eigenvalue weighted by atomic mass is 19.2. The Morgan fingerprint density at radius 2 is 1.74 bits per heavy atom. The number of halogens is 2. The van der Waals surface area contributed by atoms with Gasteiger partial charge in [-0.3, -0.25) is 4.90 Å². The van der Waals surface area contributed by atoms with Gasteiger partial charge in [-0.15, -0.1) is 0 Å². The van der Waals surface area contributed by atoms with Gasteiger partial charge in [0.15, 0.2) is 11.6 Å². The zero-order valence-corrected chi connectivity index (χ0v) is 11.6. The van der Waals surface area contributed by atoms with Crippen molar-refractivity contribution in [1.29, 1.82) is 0 Å². The number of benzene rings is 1. The minimum atomic E-state index is -0.775. The van der Waals surface area contributed by atoms with Gasteiger partial charge in [-0.05, 0) is 57.5 Å². The third kappa shape index (κ3) is 4.25. The van der Waals surface area contributed by atoms with Crippen LogP contribution in [0.4, 0.5) is 8.78 Å². The molecule has 1 fully saturated rings. The quantitative estimate of drug-likeness (QED) is 0.887. The van der Waals surface area contributed by atoms with Gasteiger partial charge in [0.25, 0.3) is 0 Å². The van der Waals surface area contributed by atoms with Gasteiger partial charge in [-0.1, -0.05) is 6.07 Å². The summed E-state index contributed by atoms with van der Waals surface area (Å²) in [7, 11) is 0. The minimum absolute atomic E-state index is 0.503. The second kappa shape index (κ2) is 6.44. The molecule has 0 bridgehead atoms. The summed E-state index contributed by atoms with van der Waals surface area (Å²) in [5.74, 6) is -1.53. The molecule has 19 heavy (non-hydrogen) atoms. The third-order valence-corrected chi connectivity index (χ3v) is 3.72. The highest BCUT2D eigenvalue weighted by Crippen LogP contribution is 2.13. The Balaban J connectivity index is 1.98. The van der Waals surface area contributed by atoms with Crippen LogP contribution >= 0.6 is 0 Å². The normalized spacial score (nSPS) is 25.9. The summed E-state index contributed by atoms with van der Waals surface area (Å²) in [4.78, 5) is 2.32. The van der Waals surface area contributed by atoms with Crippen molar-refractivity contribution in [1.82, 2.24) is 10.2 Å². The lowest BCUT2D eigenvalue weighted by Gasteiger charge is -2.30. The Hall–Kier alpha value is -1.00. The van der Waals surface area contributed by atoms with E-state index in [2.05, 4.69) is 24.1 Å². The van der Waals surface area contributed by atoms with E-state index in [1.165, 1.54) is 12.1 Å². The van der Waals surface area contributed by atoms with E-state index in [1.807, 2.05) is 0 Å². The predicted molar refractivity (Wildman–Crippen MR) is 72.9 cm³/mol. The zero-order valence-electron chi connectivity index (χ0n) is 11.6. The molecule has 1 heterocycles. The van der Waals surface area contributed by atoms with E-state index in [0.717, 1.165) is 31.5 Å². The molecule has 0 aliphatic carbocycles. The molecule has 2 nitrogen and oxygen atoms in total. The van der Waals surface area contributed by atoms with E-state index >= 15 is 0 Å². The van der Waals surface area contributed by atoms with E-state index in [4.69, 9.17) is 0 Å². The standard InChI is InChI=1S/C15H22F2N2/c1-11-5-7-19(8-6-12(2)18-11)10-13-3-4-14(16)15(17)9-13/h3-4,9,11-12,18H,5-8,10H2,1-2H3. The molecule has 1 aromatic rings. The maximum Gasteiger partial charge on any atom is 0.159 e. The predicted octanol–water partition coefficient (Wildman–Crippen LogP) is 2.93. The summed E-state index contributed by atoms with van der Waals surface area (Å²) in [6.07, 6.45) is 2.15. The Kier molecular flexibility index (Phi) is 4.88. The van der Waals surface area contributed by atoms with Gasteiger partial charge in [0.05, 0.1) is 0 Å². The fraction of sp³-hybridized carbons (Fsp3) is 0.600. The lowest BCUT2D eigenvalue weighted by Crippen LogP contribution is -2.42. The molecular formula is C15H22F2N2. The molecule has 4 heteroatoms. The fourth-order valence-corrected chi connectivity index (χ4v) is 2.57. The lowest BCUT2D eigenvalue weighted by atomic mass is 10.1. The Morgan fingerprint density at radius 3 is 2.32 bits per heavy atom. The topological polar surface area (TPSA) is 15.3 Å². The number of hydrogen-bond donors (Lipinski definition) is 1. The van der Waals surface area contributed by atoms with Crippen molar-refractivity contribution in [2.75, 3.05) is 13.1 Å². The van der Waals surface area contributed by atoms with Crippen LogP contribution < -0.4 is 5.32 Å². The van der Waals surface area contributed by atoms with E-state index in [-0.39, 0.29) is 0 Å². The highest BCUT2D eigenvalue weighted by molar-refractivity contribution is 5.17. The van der Waals surface area contributed by atoms with Crippen LogP contribution in [0.2, 0.25) is 0 Å². The second-order valence-electron chi connectivity index (χ2n) is 5.57.